The van der Waals surface area contributed by atoms with Crippen molar-refractivity contribution in [3.05, 3.63) is 34.9 Å². The van der Waals surface area contributed by atoms with E-state index in [1.54, 1.807) is 12.1 Å². The van der Waals surface area contributed by atoms with Gasteiger partial charge in [0.25, 0.3) is 0 Å². The van der Waals surface area contributed by atoms with E-state index in [9.17, 15) is 19.2 Å². The fourth-order valence-corrected chi connectivity index (χ4v) is 2.53. The van der Waals surface area contributed by atoms with E-state index in [4.69, 9.17) is 11.6 Å². The highest BCUT2D eigenvalue weighted by molar-refractivity contribution is 6.45. The van der Waals surface area contributed by atoms with Crippen LogP contribution in [0.4, 0.5) is 4.79 Å². The Morgan fingerprint density at radius 1 is 1.08 bits per heavy atom. The van der Waals surface area contributed by atoms with Gasteiger partial charge in [0.05, 0.1) is 0 Å². The molecule has 1 saturated heterocycles. The second kappa shape index (κ2) is 8.62. The Morgan fingerprint density at radius 2 is 1.72 bits per heavy atom. The number of amides is 5. The molecule has 1 fully saturated rings. The summed E-state index contributed by atoms with van der Waals surface area (Å²) < 4.78 is 0. The quantitative estimate of drug-likeness (QED) is 0.560. The zero-order chi connectivity index (χ0) is 18.4. The Hall–Kier alpha value is -2.41. The average Bonchev–Trinajstić information content (AvgIpc) is 2.79. The third kappa shape index (κ3) is 4.79. The Labute approximate surface area is 150 Å². The van der Waals surface area contributed by atoms with Crippen molar-refractivity contribution >= 4 is 35.4 Å². The molecule has 1 aliphatic heterocycles. The number of unbranched alkanes of at least 4 members (excludes halogenated alkanes) is 1. The molecular weight excluding hydrogens is 346 g/mol. The van der Waals surface area contributed by atoms with Crippen LogP contribution in [0.15, 0.2) is 24.3 Å². The fraction of sp³-hybridized carbons (Fsp3) is 0.412. The van der Waals surface area contributed by atoms with Gasteiger partial charge < -0.3 is 5.32 Å². The maximum atomic E-state index is 12.1. The minimum Gasteiger partial charge on any atom is -0.354 e. The lowest BCUT2D eigenvalue weighted by Crippen LogP contribution is -2.42. The van der Waals surface area contributed by atoms with Crippen molar-refractivity contribution in [1.29, 1.82) is 0 Å². The molecule has 1 N–H and O–H groups in total. The summed E-state index contributed by atoms with van der Waals surface area (Å²) in [6, 6.07) is 6.50. The van der Waals surface area contributed by atoms with Crippen molar-refractivity contribution in [3.63, 3.8) is 0 Å². The largest absolute Gasteiger partial charge is 0.354 e. The van der Waals surface area contributed by atoms with Gasteiger partial charge in [0.1, 0.15) is 6.54 Å². The van der Waals surface area contributed by atoms with Gasteiger partial charge in [0, 0.05) is 18.1 Å². The lowest BCUT2D eigenvalue weighted by molar-refractivity contribution is -0.144. The first-order valence-electron chi connectivity index (χ1n) is 8.12. The second-order valence-electron chi connectivity index (χ2n) is 5.71. The maximum absolute atomic E-state index is 12.1. The predicted octanol–water partition coefficient (Wildman–Crippen LogP) is 1.59. The summed E-state index contributed by atoms with van der Waals surface area (Å²) in [6.45, 7) is 2.00. The third-order valence-electron chi connectivity index (χ3n) is 3.82. The van der Waals surface area contributed by atoms with E-state index in [0.717, 1.165) is 16.9 Å². The zero-order valence-electron chi connectivity index (χ0n) is 14.0. The van der Waals surface area contributed by atoms with Crippen LogP contribution < -0.4 is 5.32 Å². The summed E-state index contributed by atoms with van der Waals surface area (Å²) in [7, 11) is 0. The normalized spacial score (nSPS) is 14.4. The molecule has 1 aromatic rings. The average molecular weight is 366 g/mol. The van der Waals surface area contributed by atoms with Crippen LogP contribution >= 0.6 is 11.6 Å². The molecule has 0 saturated carbocycles. The SMILES string of the molecule is CCCCN1C(=O)C(=O)N(CC(=O)NCCc2ccc(Cl)cc2)C1=O. The van der Waals surface area contributed by atoms with Crippen molar-refractivity contribution in [2.75, 3.05) is 19.6 Å². The number of hydrogen-bond acceptors (Lipinski definition) is 4. The van der Waals surface area contributed by atoms with E-state index in [-0.39, 0.29) is 6.54 Å². The van der Waals surface area contributed by atoms with Gasteiger partial charge in [-0.05, 0) is 30.5 Å². The van der Waals surface area contributed by atoms with Gasteiger partial charge in [-0.15, -0.1) is 0 Å². The van der Waals surface area contributed by atoms with Gasteiger partial charge in [-0.25, -0.2) is 9.69 Å². The van der Waals surface area contributed by atoms with Crippen LogP contribution in [-0.2, 0) is 20.8 Å². The van der Waals surface area contributed by atoms with Gasteiger partial charge in [0.2, 0.25) is 5.91 Å². The molecule has 0 aliphatic carbocycles. The smallest absolute Gasteiger partial charge is 0.334 e. The van der Waals surface area contributed by atoms with Crippen molar-refractivity contribution in [2.24, 2.45) is 0 Å². The first-order chi connectivity index (χ1) is 11.9. The predicted molar refractivity (Wildman–Crippen MR) is 91.9 cm³/mol. The molecule has 7 nitrogen and oxygen atoms in total. The number of urea groups is 1. The molecule has 5 amide bonds. The summed E-state index contributed by atoms with van der Waals surface area (Å²) in [5.41, 5.74) is 0.999. The second-order valence-corrected chi connectivity index (χ2v) is 6.15. The molecule has 1 aliphatic rings. The highest BCUT2D eigenvalue weighted by Gasteiger charge is 2.44. The van der Waals surface area contributed by atoms with Crippen molar-refractivity contribution in [1.82, 2.24) is 15.1 Å². The van der Waals surface area contributed by atoms with Gasteiger partial charge in [-0.3, -0.25) is 19.3 Å². The Kier molecular flexibility index (Phi) is 6.52. The molecule has 0 spiro atoms. The fourth-order valence-electron chi connectivity index (χ4n) is 2.40. The van der Waals surface area contributed by atoms with Crippen LogP contribution in [-0.4, -0.2) is 53.2 Å². The van der Waals surface area contributed by atoms with E-state index < -0.39 is 30.3 Å². The standard InChI is InChI=1S/C17H20ClN3O4/c1-2-3-10-20-15(23)16(24)21(17(20)25)11-14(22)19-9-8-12-4-6-13(18)7-5-12/h4-7H,2-3,8-11H2,1H3,(H,19,22). The monoisotopic (exact) mass is 365 g/mol. The minimum absolute atomic E-state index is 0.189. The summed E-state index contributed by atoms with van der Waals surface area (Å²) in [5.74, 6) is -2.30. The van der Waals surface area contributed by atoms with Crippen molar-refractivity contribution < 1.29 is 19.2 Å². The van der Waals surface area contributed by atoms with Crippen molar-refractivity contribution in [3.8, 4) is 0 Å². The molecule has 0 radical (unpaired) electrons. The van der Waals surface area contributed by atoms with Gasteiger partial charge >= 0.3 is 17.8 Å². The van der Waals surface area contributed by atoms with Gasteiger partial charge in [-0.2, -0.15) is 0 Å². The lowest BCUT2D eigenvalue weighted by atomic mass is 10.1. The molecule has 8 heteroatoms. The molecule has 0 atom stereocenters. The third-order valence-corrected chi connectivity index (χ3v) is 4.07. The molecule has 1 heterocycles. The summed E-state index contributed by atoms with van der Waals surface area (Å²) in [6.07, 6.45) is 1.99. The zero-order valence-corrected chi connectivity index (χ0v) is 14.7. The number of nitrogens with one attached hydrogen (secondary N) is 1. The Balaban J connectivity index is 1.83. The number of hydrogen-bond donors (Lipinski definition) is 1. The van der Waals surface area contributed by atoms with E-state index in [0.29, 0.717) is 29.3 Å². The van der Waals surface area contributed by atoms with Crippen molar-refractivity contribution in [2.45, 2.75) is 26.2 Å². The van der Waals surface area contributed by atoms with E-state index in [1.165, 1.54) is 0 Å². The summed E-state index contributed by atoms with van der Waals surface area (Å²) >= 11 is 5.80. The summed E-state index contributed by atoms with van der Waals surface area (Å²) in [5, 5.41) is 3.27. The number of imide groups is 2. The molecule has 0 unspecified atom stereocenters. The number of benzene rings is 1. The Bertz CT molecular complexity index is 675. The lowest BCUT2D eigenvalue weighted by Gasteiger charge is -2.15. The van der Waals surface area contributed by atoms with Crippen LogP contribution in [0.5, 0.6) is 0 Å². The Morgan fingerprint density at radius 3 is 2.36 bits per heavy atom. The number of rotatable bonds is 8. The van der Waals surface area contributed by atoms with Gasteiger partial charge in [-0.1, -0.05) is 37.1 Å². The molecule has 2 rings (SSSR count). The topological polar surface area (TPSA) is 86.8 Å². The maximum Gasteiger partial charge on any atom is 0.334 e. The number of halogens is 1. The number of nitrogens with zero attached hydrogens (tertiary/aromatic N) is 2. The van der Waals surface area contributed by atoms with Crippen LogP contribution in [0.25, 0.3) is 0 Å². The van der Waals surface area contributed by atoms with Crippen LogP contribution in [0.1, 0.15) is 25.3 Å². The molecule has 0 aromatic heterocycles. The summed E-state index contributed by atoms with van der Waals surface area (Å²) in [4.78, 5) is 49.3. The molecular formula is C17H20ClN3O4. The van der Waals surface area contributed by atoms with E-state index in [2.05, 4.69) is 5.32 Å². The van der Waals surface area contributed by atoms with Crippen LogP contribution in [0.3, 0.4) is 0 Å². The van der Waals surface area contributed by atoms with E-state index >= 15 is 0 Å². The number of carbonyl (C=O) groups is 4. The first kappa shape index (κ1) is 18.9. The highest BCUT2D eigenvalue weighted by atomic mass is 35.5. The number of carbonyl (C=O) groups excluding carboxylic acids is 4. The van der Waals surface area contributed by atoms with E-state index in [1.807, 2.05) is 19.1 Å². The highest BCUT2D eigenvalue weighted by Crippen LogP contribution is 2.13. The first-order valence-corrected chi connectivity index (χ1v) is 8.50. The molecule has 0 bridgehead atoms. The van der Waals surface area contributed by atoms with Crippen LogP contribution in [0, 0.1) is 0 Å². The van der Waals surface area contributed by atoms with Gasteiger partial charge in [0.15, 0.2) is 0 Å². The molecule has 1 aromatic carbocycles. The molecule has 25 heavy (non-hydrogen) atoms. The molecule has 134 valence electrons. The minimum atomic E-state index is -0.950. The van der Waals surface area contributed by atoms with Crippen LogP contribution in [0.2, 0.25) is 5.02 Å².